The molecule has 0 aromatic carbocycles. The summed E-state index contributed by atoms with van der Waals surface area (Å²) in [6.07, 6.45) is 19.9. The summed E-state index contributed by atoms with van der Waals surface area (Å²) in [5.41, 5.74) is 0. The molecule has 0 aromatic rings. The molecule has 0 unspecified atom stereocenters. The van der Waals surface area contributed by atoms with Gasteiger partial charge in [0.2, 0.25) is 0 Å². The van der Waals surface area contributed by atoms with E-state index in [9.17, 15) is 9.90 Å². The van der Waals surface area contributed by atoms with Crippen molar-refractivity contribution in [3.63, 3.8) is 0 Å². The van der Waals surface area contributed by atoms with Gasteiger partial charge in [-0.2, -0.15) is 0 Å². The first-order chi connectivity index (χ1) is 9.77. The smallest absolute Gasteiger partial charge is 0.0414 e. The van der Waals surface area contributed by atoms with Crippen LogP contribution in [-0.4, -0.2) is 11.4 Å². The molecule has 0 saturated carbocycles. The average Bonchev–Trinajstić information content (AvgIpc) is 2.43. The molecule has 0 aliphatic rings. The maximum atomic E-state index is 10.2. The third kappa shape index (κ3) is 21.9. The first kappa shape index (κ1) is 22.7. The highest BCUT2D eigenvalue weighted by Crippen LogP contribution is 2.13. The van der Waals surface area contributed by atoms with Crippen molar-refractivity contribution in [3.8, 4) is 0 Å². The molecule has 0 radical (unpaired) electrons. The van der Waals surface area contributed by atoms with Gasteiger partial charge < -0.3 is 15.4 Å². The summed E-state index contributed by atoms with van der Waals surface area (Å²) in [4.78, 5) is 10.2. The number of carboxylic acids is 1. The summed E-state index contributed by atoms with van der Waals surface area (Å²) in [7, 11) is 0. The molecule has 0 aliphatic carbocycles. The molecule has 0 rings (SSSR count). The van der Waals surface area contributed by atoms with Crippen LogP contribution < -0.4 is 5.11 Å². The van der Waals surface area contributed by atoms with Crippen LogP contribution in [0.1, 0.15) is 110 Å². The molecule has 0 bridgehead atoms. The Bertz CT molecular complexity index is 205. The molecule has 3 nitrogen and oxygen atoms in total. The van der Waals surface area contributed by atoms with Crippen molar-refractivity contribution in [2.45, 2.75) is 110 Å². The monoisotopic (exact) mass is 301 g/mol. The van der Waals surface area contributed by atoms with Crippen LogP contribution >= 0.6 is 0 Å². The van der Waals surface area contributed by atoms with E-state index < -0.39 is 5.97 Å². The average molecular weight is 301 g/mol. The SMILES string of the molecule is CCCCCCCCCCCCCCCCCC(=O)[O-].O. The van der Waals surface area contributed by atoms with Gasteiger partial charge in [-0.25, -0.2) is 0 Å². The molecular formula is C18H37O3-. The van der Waals surface area contributed by atoms with E-state index in [-0.39, 0.29) is 11.9 Å². The zero-order valence-electron chi connectivity index (χ0n) is 14.1. The Labute approximate surface area is 131 Å². The number of carbonyl (C=O) groups is 1. The van der Waals surface area contributed by atoms with E-state index in [1.54, 1.807) is 0 Å². The van der Waals surface area contributed by atoms with Gasteiger partial charge in [0.1, 0.15) is 0 Å². The summed E-state index contributed by atoms with van der Waals surface area (Å²) in [6.45, 7) is 2.27. The van der Waals surface area contributed by atoms with Gasteiger partial charge in [0.05, 0.1) is 0 Å². The summed E-state index contributed by atoms with van der Waals surface area (Å²) in [5.74, 6) is -0.903. The molecule has 128 valence electrons. The third-order valence-electron chi connectivity index (χ3n) is 3.98. The van der Waals surface area contributed by atoms with Crippen LogP contribution in [0.25, 0.3) is 0 Å². The molecule has 0 heterocycles. The fraction of sp³-hybridized carbons (Fsp3) is 0.944. The summed E-state index contributed by atoms with van der Waals surface area (Å²) >= 11 is 0. The first-order valence-corrected chi connectivity index (χ1v) is 8.97. The van der Waals surface area contributed by atoms with Crippen molar-refractivity contribution >= 4 is 5.97 Å². The van der Waals surface area contributed by atoms with Crippen LogP contribution in [0.2, 0.25) is 0 Å². The summed E-state index contributed by atoms with van der Waals surface area (Å²) in [5, 5.41) is 10.2. The Morgan fingerprint density at radius 1 is 0.619 bits per heavy atom. The summed E-state index contributed by atoms with van der Waals surface area (Å²) in [6, 6.07) is 0. The maximum Gasteiger partial charge on any atom is 0.0414 e. The molecule has 0 amide bonds. The highest BCUT2D eigenvalue weighted by molar-refractivity contribution is 5.63. The van der Waals surface area contributed by atoms with E-state index in [0.717, 1.165) is 12.8 Å². The Balaban J connectivity index is 0. The van der Waals surface area contributed by atoms with E-state index in [4.69, 9.17) is 0 Å². The molecule has 0 atom stereocenters. The normalized spacial score (nSPS) is 10.3. The molecule has 3 heteroatoms. The van der Waals surface area contributed by atoms with Crippen LogP contribution in [0, 0.1) is 0 Å². The van der Waals surface area contributed by atoms with Crippen LogP contribution in [0.4, 0.5) is 0 Å². The number of aliphatic carboxylic acids is 1. The Morgan fingerprint density at radius 2 is 0.905 bits per heavy atom. The zero-order valence-corrected chi connectivity index (χ0v) is 14.1. The van der Waals surface area contributed by atoms with Crippen molar-refractivity contribution in [2.75, 3.05) is 0 Å². The third-order valence-corrected chi connectivity index (χ3v) is 3.98. The zero-order chi connectivity index (χ0) is 14.9. The molecule has 0 fully saturated rings. The molecular weight excluding hydrogens is 264 g/mol. The van der Waals surface area contributed by atoms with Crippen LogP contribution in [0.5, 0.6) is 0 Å². The molecule has 0 aliphatic heterocycles. The lowest BCUT2D eigenvalue weighted by molar-refractivity contribution is -0.305. The Hall–Kier alpha value is -0.570. The van der Waals surface area contributed by atoms with E-state index in [1.807, 2.05) is 0 Å². The second-order valence-electron chi connectivity index (χ2n) is 6.07. The summed E-state index contributed by atoms with van der Waals surface area (Å²) < 4.78 is 0. The number of carboxylic acid groups (broad SMARTS) is 1. The first-order valence-electron chi connectivity index (χ1n) is 8.97. The van der Waals surface area contributed by atoms with E-state index >= 15 is 0 Å². The lowest BCUT2D eigenvalue weighted by Gasteiger charge is -2.04. The minimum atomic E-state index is -0.903. The lowest BCUT2D eigenvalue weighted by atomic mass is 10.0. The number of unbranched alkanes of at least 4 members (excludes halogenated alkanes) is 14. The maximum absolute atomic E-state index is 10.2. The van der Waals surface area contributed by atoms with Crippen molar-refractivity contribution < 1.29 is 15.4 Å². The van der Waals surface area contributed by atoms with Gasteiger partial charge in [-0.1, -0.05) is 96.8 Å². The molecule has 2 N–H and O–H groups in total. The fourth-order valence-corrected chi connectivity index (χ4v) is 2.64. The topological polar surface area (TPSA) is 71.6 Å². The highest BCUT2D eigenvalue weighted by Gasteiger charge is 1.94. The Kier molecular flexibility index (Phi) is 21.0. The highest BCUT2D eigenvalue weighted by atomic mass is 16.4. The Morgan fingerprint density at radius 3 is 1.19 bits per heavy atom. The van der Waals surface area contributed by atoms with E-state index in [1.165, 1.54) is 83.5 Å². The van der Waals surface area contributed by atoms with E-state index in [2.05, 4.69) is 6.92 Å². The predicted octanol–water partition coefficient (Wildman–Crippen LogP) is 4.17. The van der Waals surface area contributed by atoms with Gasteiger partial charge in [-0.15, -0.1) is 0 Å². The number of rotatable bonds is 16. The van der Waals surface area contributed by atoms with Gasteiger partial charge in [0, 0.05) is 5.97 Å². The van der Waals surface area contributed by atoms with Gasteiger partial charge >= 0.3 is 0 Å². The number of carbonyl (C=O) groups excluding carboxylic acids is 1. The number of hydrogen-bond donors (Lipinski definition) is 0. The van der Waals surface area contributed by atoms with Crippen LogP contribution in [0.15, 0.2) is 0 Å². The van der Waals surface area contributed by atoms with E-state index in [0.29, 0.717) is 0 Å². The second kappa shape index (κ2) is 19.4. The largest absolute Gasteiger partial charge is 0.550 e. The van der Waals surface area contributed by atoms with Crippen molar-refractivity contribution in [1.29, 1.82) is 0 Å². The quantitative estimate of drug-likeness (QED) is 0.401. The minimum absolute atomic E-state index is 0. The van der Waals surface area contributed by atoms with Gasteiger partial charge in [0.15, 0.2) is 0 Å². The molecule has 0 aromatic heterocycles. The fourth-order valence-electron chi connectivity index (χ4n) is 2.64. The van der Waals surface area contributed by atoms with Gasteiger partial charge in [-0.05, 0) is 12.8 Å². The molecule has 21 heavy (non-hydrogen) atoms. The van der Waals surface area contributed by atoms with Crippen molar-refractivity contribution in [3.05, 3.63) is 0 Å². The van der Waals surface area contributed by atoms with Crippen LogP contribution in [-0.2, 0) is 4.79 Å². The number of hydrogen-bond acceptors (Lipinski definition) is 2. The standard InChI is InChI=1S/C18H36O2.H2O/c1-2-3-4-5-6-7-8-9-10-11-12-13-14-15-16-17-18(19)20;/h2-17H2,1H3,(H,19,20);1H2/p-1. The minimum Gasteiger partial charge on any atom is -0.550 e. The van der Waals surface area contributed by atoms with Crippen molar-refractivity contribution in [2.24, 2.45) is 0 Å². The van der Waals surface area contributed by atoms with Gasteiger partial charge in [-0.3, -0.25) is 0 Å². The van der Waals surface area contributed by atoms with Crippen molar-refractivity contribution in [1.82, 2.24) is 0 Å². The predicted molar refractivity (Wildman–Crippen MR) is 88.2 cm³/mol. The van der Waals surface area contributed by atoms with Crippen LogP contribution in [0.3, 0.4) is 0 Å². The molecule has 0 saturated heterocycles. The second-order valence-corrected chi connectivity index (χ2v) is 6.07. The van der Waals surface area contributed by atoms with Gasteiger partial charge in [0.25, 0.3) is 0 Å². The lowest BCUT2D eigenvalue weighted by Crippen LogP contribution is -2.21. The molecule has 0 spiro atoms.